The average molecular weight is 352 g/mol. The van der Waals surface area contributed by atoms with Crippen LogP contribution in [0.25, 0.3) is 10.9 Å². The van der Waals surface area contributed by atoms with E-state index in [1.807, 2.05) is 24.3 Å². The summed E-state index contributed by atoms with van der Waals surface area (Å²) in [6, 6.07) is 14.3. The van der Waals surface area contributed by atoms with Crippen LogP contribution in [0.15, 0.2) is 48.5 Å². The SMILES string of the molecule is COCCOc1ccc(NC(=O)C(=O)c2c(C)[nH]c3ccccc23)cc1. The van der Waals surface area contributed by atoms with Crippen LogP contribution in [0.1, 0.15) is 16.1 Å². The summed E-state index contributed by atoms with van der Waals surface area (Å²) >= 11 is 0. The number of aryl methyl sites for hydroxylation is 1. The summed E-state index contributed by atoms with van der Waals surface area (Å²) < 4.78 is 10.4. The van der Waals surface area contributed by atoms with Gasteiger partial charge in [0, 0.05) is 29.4 Å². The van der Waals surface area contributed by atoms with Crippen LogP contribution in [-0.2, 0) is 9.53 Å². The Bertz CT molecular complexity index is 929. The summed E-state index contributed by atoms with van der Waals surface area (Å²) in [6.45, 7) is 2.73. The van der Waals surface area contributed by atoms with Crippen molar-refractivity contribution in [3.05, 3.63) is 59.8 Å². The molecule has 3 aromatic rings. The number of methoxy groups -OCH3 is 1. The molecular weight excluding hydrogens is 332 g/mol. The van der Waals surface area contributed by atoms with Crippen LogP contribution in [0.2, 0.25) is 0 Å². The molecule has 0 unspecified atom stereocenters. The molecule has 6 nitrogen and oxygen atoms in total. The maximum Gasteiger partial charge on any atom is 0.296 e. The summed E-state index contributed by atoms with van der Waals surface area (Å²) in [6.07, 6.45) is 0. The van der Waals surface area contributed by atoms with Gasteiger partial charge in [-0.25, -0.2) is 0 Å². The van der Waals surface area contributed by atoms with E-state index in [4.69, 9.17) is 9.47 Å². The highest BCUT2D eigenvalue weighted by atomic mass is 16.5. The lowest BCUT2D eigenvalue weighted by Crippen LogP contribution is -2.23. The molecule has 3 rings (SSSR count). The van der Waals surface area contributed by atoms with Gasteiger partial charge in [0.2, 0.25) is 0 Å². The monoisotopic (exact) mass is 352 g/mol. The Hall–Kier alpha value is -3.12. The molecule has 0 bridgehead atoms. The number of fused-ring (bicyclic) bond motifs is 1. The number of amides is 1. The average Bonchev–Trinajstić information content (AvgIpc) is 2.98. The van der Waals surface area contributed by atoms with Gasteiger partial charge in [-0.1, -0.05) is 18.2 Å². The van der Waals surface area contributed by atoms with E-state index in [0.717, 1.165) is 10.9 Å². The first-order chi connectivity index (χ1) is 12.6. The maximum atomic E-state index is 12.6. The number of Topliss-reactive ketones (excluding diaryl/α,β-unsaturated/α-hetero) is 1. The number of ether oxygens (including phenoxy) is 2. The molecule has 0 aliphatic heterocycles. The number of aromatic nitrogens is 1. The minimum Gasteiger partial charge on any atom is -0.491 e. The van der Waals surface area contributed by atoms with E-state index < -0.39 is 11.7 Å². The fourth-order valence-corrected chi connectivity index (χ4v) is 2.75. The van der Waals surface area contributed by atoms with Crippen molar-refractivity contribution in [2.75, 3.05) is 25.6 Å². The number of hydrogen-bond acceptors (Lipinski definition) is 4. The third-order valence-electron chi connectivity index (χ3n) is 4.00. The Morgan fingerprint density at radius 2 is 1.77 bits per heavy atom. The summed E-state index contributed by atoms with van der Waals surface area (Å²) in [5, 5.41) is 3.38. The predicted molar refractivity (Wildman–Crippen MR) is 99.8 cm³/mol. The van der Waals surface area contributed by atoms with Gasteiger partial charge in [0.25, 0.3) is 11.7 Å². The maximum absolute atomic E-state index is 12.6. The number of H-pyrrole nitrogens is 1. The molecular formula is C20H20N2O4. The fraction of sp³-hybridized carbons (Fsp3) is 0.200. The van der Waals surface area contributed by atoms with Crippen LogP contribution in [-0.4, -0.2) is 37.0 Å². The van der Waals surface area contributed by atoms with E-state index in [1.165, 1.54) is 0 Å². The Morgan fingerprint density at radius 1 is 1.04 bits per heavy atom. The minimum absolute atomic E-state index is 0.401. The number of hydrogen-bond donors (Lipinski definition) is 2. The Labute approximate surface area is 151 Å². The fourth-order valence-electron chi connectivity index (χ4n) is 2.75. The number of carbonyl (C=O) groups is 2. The van der Waals surface area contributed by atoms with Gasteiger partial charge in [0.1, 0.15) is 12.4 Å². The molecule has 1 amide bonds. The molecule has 6 heteroatoms. The molecule has 0 aliphatic carbocycles. The molecule has 0 spiro atoms. The Balaban J connectivity index is 1.71. The molecule has 1 aromatic heterocycles. The summed E-state index contributed by atoms with van der Waals surface area (Å²) in [7, 11) is 1.61. The number of carbonyl (C=O) groups excluding carboxylic acids is 2. The largest absolute Gasteiger partial charge is 0.491 e. The number of anilines is 1. The molecule has 0 radical (unpaired) electrons. The van der Waals surface area contributed by atoms with Crippen molar-refractivity contribution < 1.29 is 19.1 Å². The summed E-state index contributed by atoms with van der Waals surface area (Å²) in [4.78, 5) is 28.1. The molecule has 0 saturated carbocycles. The topological polar surface area (TPSA) is 80.4 Å². The van der Waals surface area contributed by atoms with Gasteiger partial charge in [0.05, 0.1) is 12.2 Å². The zero-order valence-corrected chi connectivity index (χ0v) is 14.7. The van der Waals surface area contributed by atoms with E-state index in [0.29, 0.717) is 35.9 Å². The molecule has 1 heterocycles. The van der Waals surface area contributed by atoms with Gasteiger partial charge >= 0.3 is 0 Å². The zero-order chi connectivity index (χ0) is 18.5. The van der Waals surface area contributed by atoms with E-state index >= 15 is 0 Å². The zero-order valence-electron chi connectivity index (χ0n) is 14.7. The number of nitrogens with one attached hydrogen (secondary N) is 2. The highest BCUT2D eigenvalue weighted by Crippen LogP contribution is 2.23. The molecule has 0 fully saturated rings. The smallest absolute Gasteiger partial charge is 0.296 e. The van der Waals surface area contributed by atoms with Gasteiger partial charge in [0.15, 0.2) is 0 Å². The third kappa shape index (κ3) is 3.75. The lowest BCUT2D eigenvalue weighted by atomic mass is 10.1. The number of ketones is 1. The minimum atomic E-state index is -0.675. The van der Waals surface area contributed by atoms with Crippen LogP contribution < -0.4 is 10.1 Å². The molecule has 26 heavy (non-hydrogen) atoms. The quantitative estimate of drug-likeness (QED) is 0.388. The molecule has 0 saturated heterocycles. The first-order valence-corrected chi connectivity index (χ1v) is 8.25. The van der Waals surface area contributed by atoms with Crippen LogP contribution in [0.3, 0.4) is 0 Å². The lowest BCUT2D eigenvalue weighted by molar-refractivity contribution is -0.112. The predicted octanol–water partition coefficient (Wildman–Crippen LogP) is 3.32. The number of para-hydroxylation sites is 1. The first kappa shape index (κ1) is 17.7. The van der Waals surface area contributed by atoms with Crippen molar-refractivity contribution in [1.29, 1.82) is 0 Å². The van der Waals surface area contributed by atoms with Crippen LogP contribution >= 0.6 is 0 Å². The van der Waals surface area contributed by atoms with E-state index in [1.54, 1.807) is 38.3 Å². The highest BCUT2D eigenvalue weighted by molar-refractivity contribution is 6.48. The van der Waals surface area contributed by atoms with Gasteiger partial charge in [-0.15, -0.1) is 0 Å². The van der Waals surface area contributed by atoms with Crippen molar-refractivity contribution in [1.82, 2.24) is 4.98 Å². The highest BCUT2D eigenvalue weighted by Gasteiger charge is 2.22. The van der Waals surface area contributed by atoms with E-state index in [9.17, 15) is 9.59 Å². The van der Waals surface area contributed by atoms with Gasteiger partial charge < -0.3 is 19.8 Å². The van der Waals surface area contributed by atoms with Crippen LogP contribution in [0, 0.1) is 6.92 Å². The lowest BCUT2D eigenvalue weighted by Gasteiger charge is -2.08. The second kappa shape index (κ2) is 7.84. The molecule has 2 N–H and O–H groups in total. The van der Waals surface area contributed by atoms with E-state index in [-0.39, 0.29) is 0 Å². The van der Waals surface area contributed by atoms with Crippen molar-refractivity contribution in [2.45, 2.75) is 6.92 Å². The van der Waals surface area contributed by atoms with Gasteiger partial charge in [-0.05, 0) is 37.3 Å². The Morgan fingerprint density at radius 3 is 2.50 bits per heavy atom. The first-order valence-electron chi connectivity index (χ1n) is 8.25. The second-order valence-corrected chi connectivity index (χ2v) is 5.82. The van der Waals surface area contributed by atoms with Crippen LogP contribution in [0.5, 0.6) is 5.75 Å². The van der Waals surface area contributed by atoms with Crippen molar-refractivity contribution >= 4 is 28.3 Å². The number of rotatable bonds is 7. The van der Waals surface area contributed by atoms with Crippen molar-refractivity contribution in [3.63, 3.8) is 0 Å². The molecule has 0 atom stereocenters. The van der Waals surface area contributed by atoms with Crippen LogP contribution in [0.4, 0.5) is 5.69 Å². The second-order valence-electron chi connectivity index (χ2n) is 5.82. The number of aromatic amines is 1. The van der Waals surface area contributed by atoms with Crippen molar-refractivity contribution in [2.24, 2.45) is 0 Å². The number of benzene rings is 2. The molecule has 2 aromatic carbocycles. The standard InChI is InChI=1S/C20H20N2O4/c1-13-18(16-5-3-4-6-17(16)21-13)19(23)20(24)22-14-7-9-15(10-8-14)26-12-11-25-2/h3-10,21H,11-12H2,1-2H3,(H,22,24). The third-order valence-corrected chi connectivity index (χ3v) is 4.00. The Kier molecular flexibility index (Phi) is 5.34. The van der Waals surface area contributed by atoms with Gasteiger partial charge in [-0.2, -0.15) is 0 Å². The van der Waals surface area contributed by atoms with Gasteiger partial charge in [-0.3, -0.25) is 9.59 Å². The normalized spacial score (nSPS) is 10.7. The van der Waals surface area contributed by atoms with E-state index in [2.05, 4.69) is 10.3 Å². The summed E-state index contributed by atoms with van der Waals surface area (Å²) in [5.41, 5.74) is 2.43. The van der Waals surface area contributed by atoms with Crippen molar-refractivity contribution in [3.8, 4) is 5.75 Å². The molecule has 0 aliphatic rings. The summed E-state index contributed by atoms with van der Waals surface area (Å²) in [5.74, 6) is -0.579. The molecule has 134 valence electrons.